The quantitative estimate of drug-likeness (QED) is 0.633. The van der Waals surface area contributed by atoms with E-state index in [0.29, 0.717) is 11.1 Å². The average molecular weight is 359 g/mol. The lowest BCUT2D eigenvalue weighted by Crippen LogP contribution is -2.21. The number of amidine groups is 1. The molecule has 0 unspecified atom stereocenters. The summed E-state index contributed by atoms with van der Waals surface area (Å²) in [5.41, 5.74) is 0.619. The van der Waals surface area contributed by atoms with Crippen molar-refractivity contribution in [1.82, 2.24) is 5.01 Å². The molecule has 1 aliphatic rings. The van der Waals surface area contributed by atoms with Gasteiger partial charge in [-0.15, -0.1) is 4.40 Å². The van der Waals surface area contributed by atoms with Gasteiger partial charge >= 0.3 is 5.97 Å². The predicted octanol–water partition coefficient (Wildman–Crippen LogP) is 1.51. The monoisotopic (exact) mass is 359 g/mol. The molecule has 0 saturated heterocycles. The summed E-state index contributed by atoms with van der Waals surface area (Å²) < 4.78 is 27.8. The van der Waals surface area contributed by atoms with Gasteiger partial charge in [-0.05, 0) is 35.9 Å². The van der Waals surface area contributed by atoms with Gasteiger partial charge in [0.15, 0.2) is 5.84 Å². The van der Waals surface area contributed by atoms with Gasteiger partial charge in [-0.1, -0.05) is 12.1 Å². The number of fused-ring (bicyclic) bond motifs is 1. The first kappa shape index (κ1) is 16.7. The second kappa shape index (κ2) is 6.02. The van der Waals surface area contributed by atoms with Crippen molar-refractivity contribution in [2.24, 2.45) is 9.50 Å². The van der Waals surface area contributed by atoms with Crippen molar-refractivity contribution in [2.45, 2.75) is 4.90 Å². The van der Waals surface area contributed by atoms with Crippen LogP contribution in [0.15, 0.2) is 56.9 Å². The third-order valence-corrected chi connectivity index (χ3v) is 4.88. The van der Waals surface area contributed by atoms with E-state index in [-0.39, 0.29) is 22.0 Å². The van der Waals surface area contributed by atoms with E-state index >= 15 is 0 Å². The van der Waals surface area contributed by atoms with Crippen LogP contribution in [0, 0.1) is 0 Å². The molecule has 1 heterocycles. The van der Waals surface area contributed by atoms with E-state index in [1.54, 1.807) is 18.2 Å². The highest BCUT2D eigenvalue weighted by atomic mass is 32.2. The van der Waals surface area contributed by atoms with Crippen LogP contribution in [0.25, 0.3) is 0 Å². The number of rotatable bonds is 3. The summed E-state index contributed by atoms with van der Waals surface area (Å²) in [6, 6.07) is 10.4. The van der Waals surface area contributed by atoms with Gasteiger partial charge in [-0.25, -0.2) is 9.80 Å². The maximum Gasteiger partial charge on any atom is 0.339 e. The standard InChI is InChI=1S/C16H13N3O5S/c1-19(15-11-4-2-3-5-14(11)25(23,24)18-15)17-9-10-6-7-13(20)12(8-10)16(21)22/h2-9,20H,1H3,(H,21,22)/b17-9+. The van der Waals surface area contributed by atoms with Crippen molar-refractivity contribution in [3.05, 3.63) is 59.2 Å². The van der Waals surface area contributed by atoms with Crippen LogP contribution >= 0.6 is 0 Å². The van der Waals surface area contributed by atoms with E-state index in [4.69, 9.17) is 5.11 Å². The smallest absolute Gasteiger partial charge is 0.339 e. The van der Waals surface area contributed by atoms with E-state index in [9.17, 15) is 18.3 Å². The fourth-order valence-electron chi connectivity index (χ4n) is 2.34. The summed E-state index contributed by atoms with van der Waals surface area (Å²) in [7, 11) is -2.21. The van der Waals surface area contributed by atoms with Crippen LogP contribution in [0.3, 0.4) is 0 Å². The minimum absolute atomic E-state index is 0.116. The molecule has 9 heteroatoms. The fraction of sp³-hybridized carbons (Fsp3) is 0.0625. The van der Waals surface area contributed by atoms with Crippen LogP contribution < -0.4 is 0 Å². The Balaban J connectivity index is 1.91. The van der Waals surface area contributed by atoms with Gasteiger partial charge in [-0.3, -0.25) is 0 Å². The molecule has 2 N–H and O–H groups in total. The third kappa shape index (κ3) is 3.09. The molecule has 0 fully saturated rings. The molecular weight excluding hydrogens is 346 g/mol. The van der Waals surface area contributed by atoms with Gasteiger partial charge in [-0.2, -0.15) is 13.5 Å². The molecule has 25 heavy (non-hydrogen) atoms. The van der Waals surface area contributed by atoms with Gasteiger partial charge in [0.1, 0.15) is 16.2 Å². The molecule has 2 aromatic carbocycles. The molecule has 2 aromatic rings. The van der Waals surface area contributed by atoms with Gasteiger partial charge in [0.2, 0.25) is 0 Å². The topological polar surface area (TPSA) is 120 Å². The first-order valence-corrected chi connectivity index (χ1v) is 8.52. The second-order valence-corrected chi connectivity index (χ2v) is 6.81. The summed E-state index contributed by atoms with van der Waals surface area (Å²) in [6.07, 6.45) is 1.35. The second-order valence-electron chi connectivity index (χ2n) is 5.24. The summed E-state index contributed by atoms with van der Waals surface area (Å²) in [6.45, 7) is 0. The van der Waals surface area contributed by atoms with Gasteiger partial charge < -0.3 is 10.2 Å². The van der Waals surface area contributed by atoms with Crippen LogP contribution in [-0.4, -0.2) is 48.7 Å². The van der Waals surface area contributed by atoms with Crippen molar-refractivity contribution >= 4 is 28.0 Å². The fourth-order valence-corrected chi connectivity index (χ4v) is 3.57. The van der Waals surface area contributed by atoms with Crippen LogP contribution in [0.5, 0.6) is 5.75 Å². The first-order valence-electron chi connectivity index (χ1n) is 7.08. The molecule has 3 rings (SSSR count). The number of hydrogen-bond donors (Lipinski definition) is 2. The maximum absolute atomic E-state index is 12.0. The number of hydrazone groups is 1. The van der Waals surface area contributed by atoms with Gasteiger partial charge in [0.05, 0.1) is 6.21 Å². The number of nitrogens with zero attached hydrogens (tertiary/aromatic N) is 3. The highest BCUT2D eigenvalue weighted by molar-refractivity contribution is 7.90. The molecule has 8 nitrogen and oxygen atoms in total. The Morgan fingerprint density at radius 1 is 1.24 bits per heavy atom. The SMILES string of the molecule is CN(/N=C/c1ccc(O)c(C(=O)O)c1)C1=NS(=O)(=O)c2ccccc21. The zero-order valence-electron chi connectivity index (χ0n) is 13.0. The van der Waals surface area contributed by atoms with Crippen LogP contribution in [-0.2, 0) is 10.0 Å². The zero-order chi connectivity index (χ0) is 18.2. The highest BCUT2D eigenvalue weighted by Crippen LogP contribution is 2.27. The molecule has 128 valence electrons. The molecule has 0 spiro atoms. The third-order valence-electron chi connectivity index (χ3n) is 3.55. The molecule has 0 aromatic heterocycles. The summed E-state index contributed by atoms with van der Waals surface area (Å²) in [5.74, 6) is -1.44. The van der Waals surface area contributed by atoms with Crippen molar-refractivity contribution in [1.29, 1.82) is 0 Å². The van der Waals surface area contributed by atoms with Crippen molar-refractivity contribution in [3.8, 4) is 5.75 Å². The summed E-state index contributed by atoms with van der Waals surface area (Å²) in [4.78, 5) is 11.1. The normalized spacial score (nSPS) is 15.0. The predicted molar refractivity (Wildman–Crippen MR) is 90.6 cm³/mol. The lowest BCUT2D eigenvalue weighted by molar-refractivity contribution is 0.0693. The highest BCUT2D eigenvalue weighted by Gasteiger charge is 2.30. The number of aromatic carboxylic acids is 1. The molecule has 0 bridgehead atoms. The molecule has 0 atom stereocenters. The molecule has 0 radical (unpaired) electrons. The van der Waals surface area contributed by atoms with E-state index in [0.717, 1.165) is 0 Å². The lowest BCUT2D eigenvalue weighted by atomic mass is 10.1. The van der Waals surface area contributed by atoms with E-state index in [1.807, 2.05) is 0 Å². The number of carbonyl (C=O) groups is 1. The molecular formula is C16H13N3O5S. The Hall–Kier alpha value is -3.20. The largest absolute Gasteiger partial charge is 0.507 e. The Labute approximate surface area is 143 Å². The summed E-state index contributed by atoms with van der Waals surface area (Å²) in [5, 5.41) is 23.9. The number of phenols is 1. The number of aromatic hydroxyl groups is 1. The Bertz CT molecular complexity index is 1030. The number of hydrogen-bond acceptors (Lipinski definition) is 6. The molecule has 1 aliphatic heterocycles. The van der Waals surface area contributed by atoms with Gasteiger partial charge in [0.25, 0.3) is 10.0 Å². The van der Waals surface area contributed by atoms with Crippen molar-refractivity contribution < 1.29 is 23.4 Å². The van der Waals surface area contributed by atoms with Crippen molar-refractivity contribution in [3.63, 3.8) is 0 Å². The van der Waals surface area contributed by atoms with Crippen LogP contribution in [0.1, 0.15) is 21.5 Å². The van der Waals surface area contributed by atoms with E-state index in [2.05, 4.69) is 9.50 Å². The lowest BCUT2D eigenvalue weighted by Gasteiger charge is -2.12. The summed E-state index contributed by atoms with van der Waals surface area (Å²) >= 11 is 0. The molecule has 0 aliphatic carbocycles. The first-order chi connectivity index (χ1) is 11.8. The average Bonchev–Trinajstić information content (AvgIpc) is 2.85. The number of benzene rings is 2. The Morgan fingerprint density at radius 3 is 2.68 bits per heavy atom. The Kier molecular flexibility index (Phi) is 4.01. The molecule has 0 saturated carbocycles. The maximum atomic E-state index is 12.0. The number of carboxylic acid groups (broad SMARTS) is 1. The van der Waals surface area contributed by atoms with Gasteiger partial charge in [0, 0.05) is 12.6 Å². The number of sulfonamides is 1. The molecule has 0 amide bonds. The van der Waals surface area contributed by atoms with Crippen LogP contribution in [0.4, 0.5) is 0 Å². The minimum atomic E-state index is -3.74. The Morgan fingerprint density at radius 2 is 1.96 bits per heavy atom. The van der Waals surface area contributed by atoms with E-state index < -0.39 is 16.0 Å². The number of carboxylic acids is 1. The van der Waals surface area contributed by atoms with Crippen molar-refractivity contribution in [2.75, 3.05) is 7.05 Å². The minimum Gasteiger partial charge on any atom is -0.507 e. The zero-order valence-corrected chi connectivity index (χ0v) is 13.8. The van der Waals surface area contributed by atoms with Crippen LogP contribution in [0.2, 0.25) is 0 Å². The van der Waals surface area contributed by atoms with E-state index in [1.165, 1.54) is 42.5 Å².